The molecule has 1 aromatic heterocycles. The molecular formula is C19H21N5O3S. The minimum atomic E-state index is -0.0909. The number of benzene rings is 2. The predicted molar refractivity (Wildman–Crippen MR) is 105 cm³/mol. The van der Waals surface area contributed by atoms with Crippen molar-refractivity contribution in [2.75, 3.05) is 20.0 Å². The van der Waals surface area contributed by atoms with Gasteiger partial charge in [-0.2, -0.15) is 0 Å². The maximum absolute atomic E-state index is 12.2. The first kappa shape index (κ1) is 19.7. The van der Waals surface area contributed by atoms with E-state index in [0.717, 1.165) is 22.6 Å². The second-order valence-electron chi connectivity index (χ2n) is 5.88. The number of rotatable bonds is 9. The van der Waals surface area contributed by atoms with Crippen LogP contribution in [-0.4, -0.2) is 46.1 Å². The quantitative estimate of drug-likeness (QED) is 0.551. The van der Waals surface area contributed by atoms with Gasteiger partial charge in [-0.05, 0) is 45.8 Å². The average molecular weight is 399 g/mol. The molecule has 3 aromatic rings. The molecule has 0 aliphatic carbocycles. The third kappa shape index (κ3) is 5.46. The summed E-state index contributed by atoms with van der Waals surface area (Å²) in [6.45, 7) is 0.956. The third-order valence-electron chi connectivity index (χ3n) is 3.95. The molecule has 0 unspecified atom stereocenters. The fourth-order valence-electron chi connectivity index (χ4n) is 2.47. The van der Waals surface area contributed by atoms with Crippen molar-refractivity contribution in [1.29, 1.82) is 0 Å². The van der Waals surface area contributed by atoms with Gasteiger partial charge < -0.3 is 14.8 Å². The van der Waals surface area contributed by atoms with Crippen LogP contribution in [0.1, 0.15) is 11.1 Å². The highest BCUT2D eigenvalue weighted by Crippen LogP contribution is 2.17. The number of nitrogens with zero attached hydrogens (tertiary/aromatic N) is 4. The van der Waals surface area contributed by atoms with Crippen molar-refractivity contribution in [1.82, 2.24) is 25.5 Å². The van der Waals surface area contributed by atoms with Crippen molar-refractivity contribution < 1.29 is 14.3 Å². The van der Waals surface area contributed by atoms with Gasteiger partial charge in [0.1, 0.15) is 11.5 Å². The first-order valence-electron chi connectivity index (χ1n) is 8.59. The standard InChI is InChI=1S/C19H21N5O3S/c1-26-16-8-6-14(7-9-16)12-24-19(21-22-23-24)28-13-18(25)20-11-15-4-3-5-17(10-15)27-2/h3-10H,11-13H2,1-2H3,(H,20,25). The minimum absolute atomic E-state index is 0.0909. The Morgan fingerprint density at radius 1 is 1.07 bits per heavy atom. The summed E-state index contributed by atoms with van der Waals surface area (Å²) in [5.41, 5.74) is 2.01. The van der Waals surface area contributed by atoms with E-state index in [1.54, 1.807) is 18.9 Å². The fraction of sp³-hybridized carbons (Fsp3) is 0.263. The summed E-state index contributed by atoms with van der Waals surface area (Å²) in [7, 11) is 3.24. The van der Waals surface area contributed by atoms with E-state index in [4.69, 9.17) is 9.47 Å². The second-order valence-corrected chi connectivity index (χ2v) is 6.83. The molecule has 8 nitrogen and oxygen atoms in total. The number of methoxy groups -OCH3 is 2. The van der Waals surface area contributed by atoms with E-state index in [1.165, 1.54) is 11.8 Å². The van der Waals surface area contributed by atoms with Crippen LogP contribution >= 0.6 is 11.8 Å². The van der Waals surface area contributed by atoms with Gasteiger partial charge in [0.2, 0.25) is 11.1 Å². The van der Waals surface area contributed by atoms with Crippen LogP contribution in [0.25, 0.3) is 0 Å². The van der Waals surface area contributed by atoms with Gasteiger partial charge in [0.15, 0.2) is 0 Å². The van der Waals surface area contributed by atoms with E-state index in [-0.39, 0.29) is 11.7 Å². The summed E-state index contributed by atoms with van der Waals surface area (Å²) < 4.78 is 12.0. The average Bonchev–Trinajstić information content (AvgIpc) is 3.18. The molecule has 3 rings (SSSR count). The number of aromatic nitrogens is 4. The zero-order chi connectivity index (χ0) is 19.8. The third-order valence-corrected chi connectivity index (χ3v) is 4.90. The largest absolute Gasteiger partial charge is 0.497 e. The van der Waals surface area contributed by atoms with Crippen LogP contribution in [0.4, 0.5) is 0 Å². The van der Waals surface area contributed by atoms with E-state index in [9.17, 15) is 4.79 Å². The molecule has 0 saturated heterocycles. The van der Waals surface area contributed by atoms with Crippen LogP contribution in [0.2, 0.25) is 0 Å². The van der Waals surface area contributed by atoms with Crippen LogP contribution in [0.3, 0.4) is 0 Å². The first-order chi connectivity index (χ1) is 13.7. The van der Waals surface area contributed by atoms with E-state index in [2.05, 4.69) is 20.8 Å². The summed E-state index contributed by atoms with van der Waals surface area (Å²) >= 11 is 1.30. The number of thioether (sulfide) groups is 1. The Kier molecular flexibility index (Phi) is 6.85. The number of tetrazole rings is 1. The number of hydrogen-bond donors (Lipinski definition) is 1. The van der Waals surface area contributed by atoms with Crippen LogP contribution < -0.4 is 14.8 Å². The zero-order valence-corrected chi connectivity index (χ0v) is 16.5. The molecule has 1 amide bonds. The summed E-state index contributed by atoms with van der Waals surface area (Å²) in [5, 5.41) is 15.2. The SMILES string of the molecule is COc1ccc(Cn2nnnc2SCC(=O)NCc2cccc(OC)c2)cc1. The highest BCUT2D eigenvalue weighted by atomic mass is 32.2. The van der Waals surface area contributed by atoms with Crippen molar-refractivity contribution in [3.8, 4) is 11.5 Å². The Hall–Kier alpha value is -3.07. The number of ether oxygens (including phenoxy) is 2. The van der Waals surface area contributed by atoms with Gasteiger partial charge in [0, 0.05) is 6.54 Å². The van der Waals surface area contributed by atoms with Gasteiger partial charge in [-0.1, -0.05) is 36.0 Å². The molecule has 0 radical (unpaired) electrons. The van der Waals surface area contributed by atoms with Crippen molar-refractivity contribution in [3.05, 3.63) is 59.7 Å². The van der Waals surface area contributed by atoms with Crippen LogP contribution in [0, 0.1) is 0 Å². The lowest BCUT2D eigenvalue weighted by molar-refractivity contribution is -0.118. The number of amides is 1. The minimum Gasteiger partial charge on any atom is -0.497 e. The van der Waals surface area contributed by atoms with Crippen LogP contribution in [-0.2, 0) is 17.9 Å². The zero-order valence-electron chi connectivity index (χ0n) is 15.7. The first-order valence-corrected chi connectivity index (χ1v) is 9.58. The Morgan fingerprint density at radius 2 is 1.86 bits per heavy atom. The Labute approximate surface area is 167 Å². The van der Waals surface area contributed by atoms with E-state index >= 15 is 0 Å². The van der Waals surface area contributed by atoms with E-state index in [1.807, 2.05) is 48.5 Å². The van der Waals surface area contributed by atoms with Gasteiger partial charge in [-0.15, -0.1) is 5.10 Å². The summed E-state index contributed by atoms with van der Waals surface area (Å²) in [6, 6.07) is 15.3. The number of carbonyl (C=O) groups is 1. The summed E-state index contributed by atoms with van der Waals surface area (Å²) in [5.74, 6) is 1.70. The lowest BCUT2D eigenvalue weighted by Gasteiger charge is -2.07. The fourth-order valence-corrected chi connectivity index (χ4v) is 3.17. The van der Waals surface area contributed by atoms with Gasteiger partial charge >= 0.3 is 0 Å². The topological polar surface area (TPSA) is 91.2 Å². The Bertz CT molecular complexity index is 914. The normalized spacial score (nSPS) is 10.5. The van der Waals surface area contributed by atoms with Gasteiger partial charge in [0.25, 0.3) is 0 Å². The highest BCUT2D eigenvalue weighted by Gasteiger charge is 2.11. The molecule has 1 heterocycles. The van der Waals surface area contributed by atoms with Crippen molar-refractivity contribution in [2.45, 2.75) is 18.2 Å². The molecule has 2 aromatic carbocycles. The van der Waals surface area contributed by atoms with Crippen LogP contribution in [0.5, 0.6) is 11.5 Å². The highest BCUT2D eigenvalue weighted by molar-refractivity contribution is 7.99. The maximum atomic E-state index is 12.2. The molecular weight excluding hydrogens is 378 g/mol. The molecule has 0 atom stereocenters. The molecule has 0 bridgehead atoms. The Balaban J connectivity index is 1.50. The van der Waals surface area contributed by atoms with Gasteiger partial charge in [-0.25, -0.2) is 4.68 Å². The molecule has 28 heavy (non-hydrogen) atoms. The maximum Gasteiger partial charge on any atom is 0.230 e. The molecule has 0 fully saturated rings. The van der Waals surface area contributed by atoms with Crippen LogP contribution in [0.15, 0.2) is 53.7 Å². The summed E-state index contributed by atoms with van der Waals surface area (Å²) in [6.07, 6.45) is 0. The molecule has 0 aliphatic rings. The molecule has 9 heteroatoms. The number of hydrogen-bond acceptors (Lipinski definition) is 7. The number of carbonyl (C=O) groups excluding carboxylic acids is 1. The molecule has 0 spiro atoms. The molecule has 0 aliphatic heterocycles. The molecule has 1 N–H and O–H groups in total. The van der Waals surface area contributed by atoms with Gasteiger partial charge in [0.05, 0.1) is 26.5 Å². The monoisotopic (exact) mass is 399 g/mol. The molecule has 146 valence electrons. The van der Waals surface area contributed by atoms with E-state index < -0.39 is 0 Å². The number of nitrogens with one attached hydrogen (secondary N) is 1. The van der Waals surface area contributed by atoms with Crippen molar-refractivity contribution in [3.63, 3.8) is 0 Å². The lowest BCUT2D eigenvalue weighted by atomic mass is 10.2. The predicted octanol–water partition coefficient (Wildman–Crippen LogP) is 2.15. The Morgan fingerprint density at radius 3 is 2.61 bits per heavy atom. The summed E-state index contributed by atoms with van der Waals surface area (Å²) in [4.78, 5) is 12.2. The van der Waals surface area contributed by atoms with Gasteiger partial charge in [-0.3, -0.25) is 4.79 Å². The van der Waals surface area contributed by atoms with E-state index in [0.29, 0.717) is 18.2 Å². The smallest absolute Gasteiger partial charge is 0.230 e. The van der Waals surface area contributed by atoms with Crippen molar-refractivity contribution >= 4 is 17.7 Å². The second kappa shape index (κ2) is 9.75. The lowest BCUT2D eigenvalue weighted by Crippen LogP contribution is -2.24. The molecule has 0 saturated carbocycles. The van der Waals surface area contributed by atoms with Crippen molar-refractivity contribution in [2.24, 2.45) is 0 Å².